The van der Waals surface area contributed by atoms with E-state index in [2.05, 4.69) is 35.6 Å². The molecule has 2 heterocycles. The van der Waals surface area contributed by atoms with Gasteiger partial charge in [0.2, 0.25) is 11.8 Å². The van der Waals surface area contributed by atoms with Crippen LogP contribution in [0.5, 0.6) is 0 Å². The van der Waals surface area contributed by atoms with Gasteiger partial charge in [-0.05, 0) is 19.3 Å². The number of hydrogen-bond acceptors (Lipinski definition) is 4. The predicted octanol–water partition coefficient (Wildman–Crippen LogP) is 3.20. The molecule has 0 N–H and O–H groups in total. The summed E-state index contributed by atoms with van der Waals surface area (Å²) in [6.45, 7) is 10.8. The van der Waals surface area contributed by atoms with Crippen LogP contribution in [0.25, 0.3) is 0 Å². The van der Waals surface area contributed by atoms with Crippen molar-refractivity contribution in [3.63, 3.8) is 0 Å². The Hall–Kier alpha value is -1.36. The summed E-state index contributed by atoms with van der Waals surface area (Å²) in [7, 11) is 0. The molecular formula is C19H31N3O2. The van der Waals surface area contributed by atoms with Gasteiger partial charge in [0, 0.05) is 37.5 Å². The topological polar surface area (TPSA) is 49.6 Å². The largest absolute Gasteiger partial charge is 0.444 e. The van der Waals surface area contributed by atoms with Crippen molar-refractivity contribution in [2.45, 2.75) is 64.8 Å². The summed E-state index contributed by atoms with van der Waals surface area (Å²) in [6, 6.07) is 0. The van der Waals surface area contributed by atoms with Crippen molar-refractivity contribution in [2.75, 3.05) is 26.2 Å². The Bertz CT molecular complexity index is 555. The lowest BCUT2D eigenvalue weighted by atomic mass is 9.94. The molecule has 5 heteroatoms. The van der Waals surface area contributed by atoms with E-state index in [1.54, 1.807) is 0 Å². The van der Waals surface area contributed by atoms with Crippen LogP contribution in [0, 0.1) is 5.92 Å². The van der Waals surface area contributed by atoms with E-state index in [-0.39, 0.29) is 11.3 Å². The van der Waals surface area contributed by atoms with Crippen molar-refractivity contribution in [3.8, 4) is 0 Å². The van der Waals surface area contributed by atoms with Gasteiger partial charge in [-0.3, -0.25) is 9.69 Å². The van der Waals surface area contributed by atoms with Crippen molar-refractivity contribution in [3.05, 3.63) is 17.8 Å². The number of carbonyl (C=O) groups is 1. The van der Waals surface area contributed by atoms with E-state index in [9.17, 15) is 4.79 Å². The SMILES string of the molecule is CC(C)(C)c1cnc(CN2CCCN(C(=O)C3CCCC3)CC2)o1. The fourth-order valence-electron chi connectivity index (χ4n) is 3.70. The average molecular weight is 333 g/mol. The van der Waals surface area contributed by atoms with Gasteiger partial charge in [0.15, 0.2) is 0 Å². The molecule has 0 radical (unpaired) electrons. The third-order valence-corrected chi connectivity index (χ3v) is 5.26. The zero-order valence-corrected chi connectivity index (χ0v) is 15.4. The Labute approximate surface area is 145 Å². The molecule has 2 fully saturated rings. The van der Waals surface area contributed by atoms with Gasteiger partial charge in [0.1, 0.15) is 5.76 Å². The van der Waals surface area contributed by atoms with Crippen LogP contribution in [0.4, 0.5) is 0 Å². The molecule has 1 aliphatic heterocycles. The summed E-state index contributed by atoms with van der Waals surface area (Å²) >= 11 is 0. The van der Waals surface area contributed by atoms with Crippen molar-refractivity contribution < 1.29 is 9.21 Å². The lowest BCUT2D eigenvalue weighted by molar-refractivity contribution is -0.135. The number of rotatable bonds is 3. The fourth-order valence-corrected chi connectivity index (χ4v) is 3.70. The highest BCUT2D eigenvalue weighted by molar-refractivity contribution is 5.79. The first kappa shape index (κ1) is 17.5. The van der Waals surface area contributed by atoms with E-state index in [1.165, 1.54) is 12.8 Å². The molecular weight excluding hydrogens is 302 g/mol. The van der Waals surface area contributed by atoms with Crippen LogP contribution in [-0.4, -0.2) is 46.9 Å². The minimum Gasteiger partial charge on any atom is -0.444 e. The van der Waals surface area contributed by atoms with Gasteiger partial charge in [-0.15, -0.1) is 0 Å². The lowest BCUT2D eigenvalue weighted by Crippen LogP contribution is -2.38. The van der Waals surface area contributed by atoms with Crippen LogP contribution in [0.1, 0.15) is 64.5 Å². The third kappa shape index (κ3) is 4.18. The molecule has 0 bridgehead atoms. The quantitative estimate of drug-likeness (QED) is 0.852. The van der Waals surface area contributed by atoms with Gasteiger partial charge in [-0.1, -0.05) is 33.6 Å². The first-order chi connectivity index (χ1) is 11.4. The third-order valence-electron chi connectivity index (χ3n) is 5.26. The molecule has 0 spiro atoms. The van der Waals surface area contributed by atoms with Crippen LogP contribution in [0.3, 0.4) is 0 Å². The molecule has 1 amide bonds. The zero-order valence-electron chi connectivity index (χ0n) is 15.4. The van der Waals surface area contributed by atoms with Crippen LogP contribution < -0.4 is 0 Å². The van der Waals surface area contributed by atoms with Gasteiger partial charge in [-0.2, -0.15) is 0 Å². The van der Waals surface area contributed by atoms with Gasteiger partial charge >= 0.3 is 0 Å². The minimum atomic E-state index is -0.00542. The van der Waals surface area contributed by atoms with Crippen LogP contribution >= 0.6 is 0 Å². The molecule has 1 aromatic rings. The molecule has 1 saturated heterocycles. The van der Waals surface area contributed by atoms with E-state index in [4.69, 9.17) is 4.42 Å². The highest BCUT2D eigenvalue weighted by Gasteiger charge is 2.28. The molecule has 24 heavy (non-hydrogen) atoms. The smallest absolute Gasteiger partial charge is 0.225 e. The van der Waals surface area contributed by atoms with Gasteiger partial charge in [0.25, 0.3) is 0 Å². The minimum absolute atomic E-state index is 0.00542. The molecule has 134 valence electrons. The Morgan fingerprint density at radius 2 is 1.92 bits per heavy atom. The number of carbonyl (C=O) groups excluding carboxylic acids is 1. The fraction of sp³-hybridized carbons (Fsp3) is 0.789. The summed E-state index contributed by atoms with van der Waals surface area (Å²) in [4.78, 5) is 21.5. The Kier molecular flexibility index (Phi) is 5.28. The van der Waals surface area contributed by atoms with E-state index >= 15 is 0 Å². The molecule has 1 aromatic heterocycles. The van der Waals surface area contributed by atoms with E-state index in [0.717, 1.165) is 63.6 Å². The maximum absolute atomic E-state index is 12.6. The standard InChI is InChI=1S/C19H31N3O2/c1-19(2,3)16-13-20-17(24-16)14-21-9-6-10-22(12-11-21)18(23)15-7-4-5-8-15/h13,15H,4-12,14H2,1-3H3. The molecule has 5 nitrogen and oxygen atoms in total. The number of aromatic nitrogens is 1. The number of amides is 1. The number of oxazole rings is 1. The molecule has 1 saturated carbocycles. The lowest BCUT2D eigenvalue weighted by Gasteiger charge is -2.24. The summed E-state index contributed by atoms with van der Waals surface area (Å²) in [5.74, 6) is 2.40. The zero-order chi connectivity index (χ0) is 17.2. The van der Waals surface area contributed by atoms with E-state index in [1.807, 2.05) is 6.20 Å². The van der Waals surface area contributed by atoms with E-state index in [0.29, 0.717) is 5.91 Å². The van der Waals surface area contributed by atoms with Crippen molar-refractivity contribution in [2.24, 2.45) is 5.92 Å². The molecule has 3 rings (SSSR count). The first-order valence-electron chi connectivity index (χ1n) is 9.40. The maximum Gasteiger partial charge on any atom is 0.225 e. The Morgan fingerprint density at radius 3 is 2.58 bits per heavy atom. The molecule has 1 aliphatic carbocycles. The maximum atomic E-state index is 12.6. The Balaban J connectivity index is 1.53. The van der Waals surface area contributed by atoms with Crippen LogP contribution in [0.2, 0.25) is 0 Å². The van der Waals surface area contributed by atoms with Gasteiger partial charge < -0.3 is 9.32 Å². The number of nitrogens with zero attached hydrogens (tertiary/aromatic N) is 3. The summed E-state index contributed by atoms with van der Waals surface area (Å²) < 4.78 is 5.91. The monoisotopic (exact) mass is 333 g/mol. The summed E-state index contributed by atoms with van der Waals surface area (Å²) in [5.41, 5.74) is -0.00542. The van der Waals surface area contributed by atoms with Crippen molar-refractivity contribution in [1.29, 1.82) is 0 Å². The van der Waals surface area contributed by atoms with Crippen LogP contribution in [-0.2, 0) is 16.8 Å². The number of hydrogen-bond donors (Lipinski definition) is 0. The molecule has 0 aromatic carbocycles. The summed E-state index contributed by atoms with van der Waals surface area (Å²) in [5, 5.41) is 0. The van der Waals surface area contributed by atoms with Crippen LogP contribution in [0.15, 0.2) is 10.6 Å². The highest BCUT2D eigenvalue weighted by Crippen LogP contribution is 2.27. The molecule has 2 aliphatic rings. The van der Waals surface area contributed by atoms with Crippen molar-refractivity contribution in [1.82, 2.24) is 14.8 Å². The highest BCUT2D eigenvalue weighted by atomic mass is 16.4. The normalized spacial score (nSPS) is 21.2. The Morgan fingerprint density at radius 1 is 1.17 bits per heavy atom. The molecule has 0 atom stereocenters. The second kappa shape index (κ2) is 7.26. The van der Waals surface area contributed by atoms with Gasteiger partial charge in [-0.25, -0.2) is 4.98 Å². The van der Waals surface area contributed by atoms with E-state index < -0.39 is 0 Å². The second-order valence-electron chi connectivity index (χ2n) is 8.30. The first-order valence-corrected chi connectivity index (χ1v) is 9.40. The van der Waals surface area contributed by atoms with Gasteiger partial charge in [0.05, 0.1) is 12.7 Å². The average Bonchev–Trinajstić information content (AvgIpc) is 3.15. The summed E-state index contributed by atoms with van der Waals surface area (Å²) in [6.07, 6.45) is 7.50. The van der Waals surface area contributed by atoms with Crippen molar-refractivity contribution >= 4 is 5.91 Å². The second-order valence-corrected chi connectivity index (χ2v) is 8.30. The predicted molar refractivity (Wildman–Crippen MR) is 93.6 cm³/mol. The molecule has 0 unspecified atom stereocenters.